The Bertz CT molecular complexity index is 1110. The van der Waals surface area contributed by atoms with E-state index in [1.807, 2.05) is 0 Å². The van der Waals surface area contributed by atoms with Crippen LogP contribution in [0, 0.1) is 0 Å². The molecule has 0 unspecified atom stereocenters. The van der Waals surface area contributed by atoms with Gasteiger partial charge in [0.1, 0.15) is 0 Å². The van der Waals surface area contributed by atoms with Gasteiger partial charge in [0.15, 0.2) is 23.3 Å². The summed E-state index contributed by atoms with van der Waals surface area (Å²) in [5.74, 6) is 0.230. The molecule has 0 saturated heterocycles. The summed E-state index contributed by atoms with van der Waals surface area (Å²) in [6.07, 6.45) is 1.44. The van der Waals surface area contributed by atoms with E-state index < -0.39 is 23.3 Å². The lowest BCUT2D eigenvalue weighted by molar-refractivity contribution is -0.123. The monoisotopic (exact) mass is 390 g/mol. The molecule has 0 fully saturated rings. The fraction of sp³-hybridized carbons (Fsp3) is 0.136. The van der Waals surface area contributed by atoms with Gasteiger partial charge in [-0.3, -0.25) is 19.0 Å². The van der Waals surface area contributed by atoms with E-state index in [1.54, 1.807) is 60.7 Å². The first-order valence-corrected chi connectivity index (χ1v) is 9.06. The van der Waals surface area contributed by atoms with Gasteiger partial charge in [-0.1, -0.05) is 42.5 Å². The molecule has 1 aliphatic heterocycles. The third kappa shape index (κ3) is 3.89. The minimum absolute atomic E-state index is 0.162. The highest BCUT2D eigenvalue weighted by Gasteiger charge is 2.30. The van der Waals surface area contributed by atoms with Gasteiger partial charge in [-0.15, -0.1) is 0 Å². The van der Waals surface area contributed by atoms with Crippen molar-refractivity contribution < 1.29 is 19.1 Å². The number of hydrogen-bond donors (Lipinski definition) is 1. The van der Waals surface area contributed by atoms with Crippen LogP contribution in [-0.4, -0.2) is 23.1 Å². The maximum Gasteiger partial charge on any atom is 0.251 e. The van der Waals surface area contributed by atoms with Crippen molar-refractivity contribution in [1.29, 1.82) is 0 Å². The summed E-state index contributed by atoms with van der Waals surface area (Å²) >= 11 is 0. The predicted octanol–water partition coefficient (Wildman–Crippen LogP) is 2.32. The van der Waals surface area contributed by atoms with Gasteiger partial charge >= 0.3 is 0 Å². The first-order chi connectivity index (χ1) is 14.1. The lowest BCUT2D eigenvalue weighted by Gasteiger charge is -2.18. The minimum atomic E-state index is -1.31. The van der Waals surface area contributed by atoms with Crippen LogP contribution in [-0.2, 0) is 11.3 Å². The fourth-order valence-corrected chi connectivity index (χ4v) is 3.12. The molecule has 0 spiro atoms. The van der Waals surface area contributed by atoms with Crippen LogP contribution in [0.3, 0.4) is 0 Å². The molecule has 146 valence electrons. The normalized spacial score (nSPS) is 13.0. The number of hydrogen-bond acceptors (Lipinski definition) is 5. The molecular formula is C22H18N2O5. The van der Waals surface area contributed by atoms with E-state index in [0.29, 0.717) is 17.1 Å². The number of pyridine rings is 1. The Labute approximate surface area is 166 Å². The Morgan fingerprint density at radius 3 is 2.52 bits per heavy atom. The number of carbonyl (C=O) groups excluding carboxylic acids is 2. The average Bonchev–Trinajstić information content (AvgIpc) is 3.22. The quantitative estimate of drug-likeness (QED) is 0.516. The maximum atomic E-state index is 13.0. The zero-order valence-corrected chi connectivity index (χ0v) is 15.4. The summed E-state index contributed by atoms with van der Waals surface area (Å²) in [4.78, 5) is 38.3. The second-order valence-corrected chi connectivity index (χ2v) is 6.48. The molecule has 1 aromatic heterocycles. The van der Waals surface area contributed by atoms with Crippen molar-refractivity contribution in [2.75, 3.05) is 6.79 Å². The number of nitrogens with zero attached hydrogens (tertiary/aromatic N) is 1. The van der Waals surface area contributed by atoms with Gasteiger partial charge in [0.2, 0.25) is 6.79 Å². The minimum Gasteiger partial charge on any atom is -0.454 e. The molecule has 1 aliphatic rings. The molecule has 0 bridgehead atoms. The maximum absolute atomic E-state index is 13.0. The molecule has 0 radical (unpaired) electrons. The predicted molar refractivity (Wildman–Crippen MR) is 105 cm³/mol. The van der Waals surface area contributed by atoms with Crippen LogP contribution in [0.15, 0.2) is 77.7 Å². The molecule has 0 saturated carbocycles. The topological polar surface area (TPSA) is 86.6 Å². The summed E-state index contributed by atoms with van der Waals surface area (Å²) in [6.45, 7) is 0.339. The van der Waals surface area contributed by atoms with E-state index in [2.05, 4.69) is 5.32 Å². The zero-order valence-electron chi connectivity index (χ0n) is 15.4. The summed E-state index contributed by atoms with van der Waals surface area (Å²) in [5, 5.41) is 2.75. The summed E-state index contributed by atoms with van der Waals surface area (Å²) < 4.78 is 11.8. The van der Waals surface area contributed by atoms with E-state index in [9.17, 15) is 14.4 Å². The number of benzene rings is 2. The molecule has 7 heteroatoms. The van der Waals surface area contributed by atoms with Crippen molar-refractivity contribution in [3.63, 3.8) is 0 Å². The number of carbonyl (C=O) groups is 2. The molecule has 29 heavy (non-hydrogen) atoms. The Morgan fingerprint density at radius 2 is 1.72 bits per heavy atom. The van der Waals surface area contributed by atoms with Crippen molar-refractivity contribution >= 4 is 11.7 Å². The van der Waals surface area contributed by atoms with Gasteiger partial charge in [-0.2, -0.15) is 0 Å². The number of fused-ring (bicyclic) bond motifs is 1. The fourth-order valence-electron chi connectivity index (χ4n) is 3.12. The Kier molecular flexibility index (Phi) is 5.11. The van der Waals surface area contributed by atoms with Crippen LogP contribution in [0.25, 0.3) is 0 Å². The Balaban J connectivity index is 1.59. The Hall–Kier alpha value is -3.87. The van der Waals surface area contributed by atoms with Gasteiger partial charge < -0.3 is 14.8 Å². The van der Waals surface area contributed by atoms with E-state index >= 15 is 0 Å². The van der Waals surface area contributed by atoms with Crippen molar-refractivity contribution in [1.82, 2.24) is 9.88 Å². The van der Waals surface area contributed by atoms with E-state index in [1.165, 1.54) is 12.3 Å². The van der Waals surface area contributed by atoms with Crippen LogP contribution in [0.4, 0.5) is 0 Å². The first kappa shape index (κ1) is 18.5. The molecule has 2 heterocycles. The first-order valence-electron chi connectivity index (χ1n) is 9.06. The molecule has 1 atom stereocenters. The highest BCUT2D eigenvalue weighted by molar-refractivity contribution is 6.11. The number of ketones is 1. The van der Waals surface area contributed by atoms with E-state index in [4.69, 9.17) is 9.47 Å². The van der Waals surface area contributed by atoms with Crippen molar-refractivity contribution in [3.8, 4) is 11.5 Å². The second-order valence-electron chi connectivity index (χ2n) is 6.48. The van der Waals surface area contributed by atoms with Gasteiger partial charge in [-0.05, 0) is 23.8 Å². The van der Waals surface area contributed by atoms with Gasteiger partial charge in [-0.25, -0.2) is 0 Å². The number of Topliss-reactive ketones (excluding diaryl/α,β-unsaturated/α-hetero) is 1. The molecule has 2 aromatic carbocycles. The number of amides is 1. The van der Waals surface area contributed by atoms with Gasteiger partial charge in [0.25, 0.3) is 11.5 Å². The summed E-state index contributed by atoms with van der Waals surface area (Å²) in [5.41, 5.74) is 0.709. The lowest BCUT2D eigenvalue weighted by atomic mass is 10.0. The molecule has 7 nitrogen and oxygen atoms in total. The van der Waals surface area contributed by atoms with Crippen LogP contribution < -0.4 is 20.3 Å². The molecule has 4 rings (SSSR count). The van der Waals surface area contributed by atoms with Gasteiger partial charge in [0.05, 0.1) is 0 Å². The van der Waals surface area contributed by atoms with Crippen molar-refractivity contribution in [2.45, 2.75) is 12.6 Å². The van der Waals surface area contributed by atoms with Crippen LogP contribution in [0.5, 0.6) is 11.5 Å². The highest BCUT2D eigenvalue weighted by atomic mass is 16.7. The van der Waals surface area contributed by atoms with Crippen LogP contribution in [0.2, 0.25) is 0 Å². The van der Waals surface area contributed by atoms with E-state index in [-0.39, 0.29) is 13.3 Å². The standard InChI is InChI=1S/C22H18N2O5/c25-19-8-4-5-11-24(19)20(21(26)16-6-2-1-3-7-16)22(27)23-13-15-9-10-17-18(12-15)29-14-28-17/h1-12,20H,13-14H2,(H,23,27)/t20-/m0/s1. The molecule has 1 amide bonds. The van der Waals surface area contributed by atoms with E-state index in [0.717, 1.165) is 10.1 Å². The summed E-state index contributed by atoms with van der Waals surface area (Å²) in [7, 11) is 0. The third-order valence-electron chi connectivity index (χ3n) is 4.59. The average molecular weight is 390 g/mol. The number of ether oxygens (including phenoxy) is 2. The number of nitrogens with one attached hydrogen (secondary N) is 1. The number of aromatic nitrogens is 1. The molecule has 3 aromatic rings. The van der Waals surface area contributed by atoms with Crippen molar-refractivity contribution in [3.05, 3.63) is 94.4 Å². The Morgan fingerprint density at radius 1 is 0.966 bits per heavy atom. The summed E-state index contributed by atoms with van der Waals surface area (Å²) in [6, 6.07) is 17.0. The lowest BCUT2D eigenvalue weighted by Crippen LogP contribution is -2.41. The third-order valence-corrected chi connectivity index (χ3v) is 4.59. The molecule has 0 aliphatic carbocycles. The van der Waals surface area contributed by atoms with Gasteiger partial charge in [0, 0.05) is 24.4 Å². The molecule has 1 N–H and O–H groups in total. The van der Waals surface area contributed by atoms with Crippen LogP contribution >= 0.6 is 0 Å². The zero-order chi connectivity index (χ0) is 20.2. The van der Waals surface area contributed by atoms with Crippen LogP contribution in [0.1, 0.15) is 22.0 Å². The molecular weight excluding hydrogens is 372 g/mol. The SMILES string of the molecule is O=C(NCc1ccc2c(c1)OCO2)[C@H](C(=O)c1ccccc1)n1ccccc1=O. The smallest absolute Gasteiger partial charge is 0.251 e. The number of rotatable bonds is 6. The highest BCUT2D eigenvalue weighted by Crippen LogP contribution is 2.32. The largest absolute Gasteiger partial charge is 0.454 e. The van der Waals surface area contributed by atoms with Crippen molar-refractivity contribution in [2.24, 2.45) is 0 Å². The second kappa shape index (κ2) is 8.02.